The van der Waals surface area contributed by atoms with E-state index in [1.165, 1.54) is 26.8 Å². The van der Waals surface area contributed by atoms with Gasteiger partial charge in [-0.1, -0.05) is 42.5 Å². The molecule has 146 valence electrons. The van der Waals surface area contributed by atoms with Crippen molar-refractivity contribution < 1.29 is 18.8 Å². The molecular formula is C21H22FN3O3. The molecule has 0 N–H and O–H groups in total. The lowest BCUT2D eigenvalue weighted by atomic mass is 10.2. The summed E-state index contributed by atoms with van der Waals surface area (Å²) in [7, 11) is 1.67. The van der Waals surface area contributed by atoms with E-state index in [0.717, 1.165) is 11.1 Å². The van der Waals surface area contributed by atoms with Crippen LogP contribution in [0.3, 0.4) is 0 Å². The summed E-state index contributed by atoms with van der Waals surface area (Å²) < 4.78 is 13.0. The van der Waals surface area contributed by atoms with Crippen LogP contribution in [0.15, 0.2) is 54.6 Å². The third kappa shape index (κ3) is 4.73. The second-order valence-corrected chi connectivity index (χ2v) is 6.82. The molecule has 1 heterocycles. The molecule has 7 heteroatoms. The first kappa shape index (κ1) is 19.5. The van der Waals surface area contributed by atoms with Crippen molar-refractivity contribution in [3.8, 4) is 0 Å². The zero-order valence-electron chi connectivity index (χ0n) is 15.7. The third-order valence-electron chi connectivity index (χ3n) is 4.70. The minimum absolute atomic E-state index is 0.127. The molecule has 2 aromatic rings. The summed E-state index contributed by atoms with van der Waals surface area (Å²) in [5, 5.41) is 0. The number of halogens is 1. The molecule has 3 amide bonds. The summed E-state index contributed by atoms with van der Waals surface area (Å²) >= 11 is 0. The van der Waals surface area contributed by atoms with Crippen molar-refractivity contribution >= 4 is 17.7 Å². The average Bonchev–Trinajstić information content (AvgIpc) is 2.70. The maximum Gasteiger partial charge on any atom is 0.312 e. The lowest BCUT2D eigenvalue weighted by Crippen LogP contribution is -2.56. The molecule has 0 spiro atoms. The molecule has 0 saturated carbocycles. The second-order valence-electron chi connectivity index (χ2n) is 6.82. The maximum atomic E-state index is 13.0. The fourth-order valence-electron chi connectivity index (χ4n) is 3.06. The van der Waals surface area contributed by atoms with E-state index in [1.54, 1.807) is 19.2 Å². The van der Waals surface area contributed by atoms with Crippen LogP contribution in [0.2, 0.25) is 0 Å². The topological polar surface area (TPSA) is 60.9 Å². The van der Waals surface area contributed by atoms with Gasteiger partial charge in [-0.15, -0.1) is 0 Å². The Morgan fingerprint density at radius 3 is 2.21 bits per heavy atom. The van der Waals surface area contributed by atoms with Crippen LogP contribution in [0.1, 0.15) is 11.1 Å². The number of rotatable bonds is 6. The Kier molecular flexibility index (Phi) is 6.03. The first-order valence-corrected chi connectivity index (χ1v) is 9.04. The Balaban J connectivity index is 1.55. The van der Waals surface area contributed by atoms with Crippen molar-refractivity contribution in [1.29, 1.82) is 0 Å². The third-order valence-corrected chi connectivity index (χ3v) is 4.70. The molecule has 3 rings (SSSR count). The molecule has 0 bridgehead atoms. The molecule has 28 heavy (non-hydrogen) atoms. The van der Waals surface area contributed by atoms with Gasteiger partial charge in [-0.2, -0.15) is 0 Å². The lowest BCUT2D eigenvalue weighted by molar-refractivity contribution is -0.158. The summed E-state index contributed by atoms with van der Waals surface area (Å²) in [6.07, 6.45) is 0. The summed E-state index contributed by atoms with van der Waals surface area (Å²) in [5.74, 6) is -1.91. The molecule has 0 radical (unpaired) electrons. The van der Waals surface area contributed by atoms with Crippen molar-refractivity contribution in [2.24, 2.45) is 0 Å². The highest BCUT2D eigenvalue weighted by Crippen LogP contribution is 2.12. The first-order valence-electron chi connectivity index (χ1n) is 9.04. The van der Waals surface area contributed by atoms with Crippen LogP contribution < -0.4 is 0 Å². The molecule has 1 fully saturated rings. The van der Waals surface area contributed by atoms with Crippen LogP contribution in [0.5, 0.6) is 0 Å². The number of hydrogen-bond donors (Lipinski definition) is 0. The predicted octanol–water partition coefficient (Wildman–Crippen LogP) is 1.66. The Morgan fingerprint density at radius 1 is 0.929 bits per heavy atom. The van der Waals surface area contributed by atoms with E-state index in [1.807, 2.05) is 30.3 Å². The molecule has 6 nitrogen and oxygen atoms in total. The summed E-state index contributed by atoms with van der Waals surface area (Å²) in [6, 6.07) is 15.4. The van der Waals surface area contributed by atoms with Gasteiger partial charge in [0.15, 0.2) is 0 Å². The number of amides is 3. The normalized spacial score (nSPS) is 14.4. The van der Waals surface area contributed by atoms with E-state index in [-0.39, 0.29) is 31.4 Å². The number of carbonyl (C=O) groups excluding carboxylic acids is 3. The Labute approximate surface area is 163 Å². The fraction of sp³-hybridized carbons (Fsp3) is 0.286. The van der Waals surface area contributed by atoms with E-state index in [0.29, 0.717) is 13.1 Å². The van der Waals surface area contributed by atoms with Gasteiger partial charge in [0.25, 0.3) is 0 Å². The van der Waals surface area contributed by atoms with Crippen molar-refractivity contribution in [2.75, 3.05) is 26.7 Å². The molecule has 0 atom stereocenters. The molecule has 2 aromatic carbocycles. The summed E-state index contributed by atoms with van der Waals surface area (Å²) in [6.45, 7) is 1.17. The number of benzene rings is 2. The highest BCUT2D eigenvalue weighted by Gasteiger charge is 2.33. The molecular weight excluding hydrogens is 361 g/mol. The van der Waals surface area contributed by atoms with Crippen molar-refractivity contribution in [1.82, 2.24) is 14.7 Å². The van der Waals surface area contributed by atoms with Gasteiger partial charge in [-0.05, 0) is 23.3 Å². The number of carbonyl (C=O) groups is 3. The summed E-state index contributed by atoms with van der Waals surface area (Å²) in [5.41, 5.74) is 1.74. The van der Waals surface area contributed by atoms with Gasteiger partial charge >= 0.3 is 11.8 Å². The van der Waals surface area contributed by atoms with E-state index in [4.69, 9.17) is 0 Å². The number of likely N-dealkylation sites (N-methyl/N-ethyl adjacent to an activating group) is 1. The van der Waals surface area contributed by atoms with Gasteiger partial charge in [-0.25, -0.2) is 4.39 Å². The first-order chi connectivity index (χ1) is 13.4. The van der Waals surface area contributed by atoms with Gasteiger partial charge in [-0.3, -0.25) is 14.4 Å². The van der Waals surface area contributed by atoms with E-state index in [9.17, 15) is 18.8 Å². The smallest absolute Gasteiger partial charge is 0.312 e. The van der Waals surface area contributed by atoms with Crippen molar-refractivity contribution in [2.45, 2.75) is 13.1 Å². The maximum absolute atomic E-state index is 13.0. The summed E-state index contributed by atoms with van der Waals surface area (Å²) in [4.78, 5) is 41.5. The number of nitrogens with zero attached hydrogens (tertiary/aromatic N) is 3. The number of piperazine rings is 1. The van der Waals surface area contributed by atoms with Crippen LogP contribution in [-0.2, 0) is 27.5 Å². The second kappa shape index (κ2) is 8.65. The quantitative estimate of drug-likeness (QED) is 0.713. The molecule has 1 aliphatic heterocycles. The van der Waals surface area contributed by atoms with Crippen LogP contribution in [0.4, 0.5) is 4.39 Å². The fourth-order valence-corrected chi connectivity index (χ4v) is 3.06. The zero-order chi connectivity index (χ0) is 20.1. The highest BCUT2D eigenvalue weighted by molar-refractivity contribution is 6.35. The minimum Gasteiger partial charge on any atom is -0.340 e. The average molecular weight is 383 g/mol. The predicted molar refractivity (Wildman–Crippen MR) is 101 cm³/mol. The van der Waals surface area contributed by atoms with Gasteiger partial charge in [0.1, 0.15) is 12.4 Å². The van der Waals surface area contributed by atoms with Gasteiger partial charge in [0.2, 0.25) is 5.91 Å². The SMILES string of the molecule is CN(Cc1ccccc1)C(=O)CN1CCN(Cc2ccc(F)cc2)C(=O)C1=O. The van der Waals surface area contributed by atoms with Crippen LogP contribution in [0, 0.1) is 5.82 Å². The minimum atomic E-state index is -0.685. The van der Waals surface area contributed by atoms with Crippen molar-refractivity contribution in [3.05, 3.63) is 71.5 Å². The van der Waals surface area contributed by atoms with E-state index < -0.39 is 11.8 Å². The molecule has 1 saturated heterocycles. The largest absolute Gasteiger partial charge is 0.340 e. The zero-order valence-corrected chi connectivity index (χ0v) is 15.7. The van der Waals surface area contributed by atoms with Gasteiger partial charge in [0, 0.05) is 33.2 Å². The Bertz CT molecular complexity index is 855. The number of hydrogen-bond acceptors (Lipinski definition) is 3. The Hall–Kier alpha value is -3.22. The van der Waals surface area contributed by atoms with Crippen LogP contribution >= 0.6 is 0 Å². The van der Waals surface area contributed by atoms with Crippen LogP contribution in [-0.4, -0.2) is 59.1 Å². The van der Waals surface area contributed by atoms with Crippen LogP contribution in [0.25, 0.3) is 0 Å². The molecule has 0 unspecified atom stereocenters. The highest BCUT2D eigenvalue weighted by atomic mass is 19.1. The monoisotopic (exact) mass is 383 g/mol. The standard InChI is InChI=1S/C21H22FN3O3/c1-23(13-16-5-3-2-4-6-16)19(26)15-25-12-11-24(20(27)21(25)28)14-17-7-9-18(22)10-8-17/h2-10H,11-15H2,1H3. The van der Waals surface area contributed by atoms with Gasteiger partial charge < -0.3 is 14.7 Å². The van der Waals surface area contributed by atoms with Crippen molar-refractivity contribution in [3.63, 3.8) is 0 Å². The lowest BCUT2D eigenvalue weighted by Gasteiger charge is -2.34. The van der Waals surface area contributed by atoms with Gasteiger partial charge in [0.05, 0.1) is 0 Å². The van der Waals surface area contributed by atoms with E-state index >= 15 is 0 Å². The Morgan fingerprint density at radius 2 is 1.54 bits per heavy atom. The molecule has 0 aromatic heterocycles. The van der Waals surface area contributed by atoms with E-state index in [2.05, 4.69) is 0 Å². The molecule has 0 aliphatic carbocycles. The molecule has 1 aliphatic rings.